The lowest BCUT2D eigenvalue weighted by Gasteiger charge is -2.08. The van der Waals surface area contributed by atoms with E-state index in [2.05, 4.69) is 17.2 Å². The summed E-state index contributed by atoms with van der Waals surface area (Å²) in [5, 5.41) is 13.7. The zero-order valence-electron chi connectivity index (χ0n) is 11.7. The van der Waals surface area contributed by atoms with Crippen molar-refractivity contribution in [2.45, 2.75) is 26.4 Å². The molecule has 0 aliphatic rings. The SMILES string of the molecule is CCc1cccnc1CNCc1ccc([N+](=O)[O-])c(F)c1. The van der Waals surface area contributed by atoms with Crippen LogP contribution in [-0.4, -0.2) is 9.91 Å². The van der Waals surface area contributed by atoms with Gasteiger partial charge in [0.05, 0.1) is 10.6 Å². The Balaban J connectivity index is 1.97. The van der Waals surface area contributed by atoms with Crippen LogP contribution in [0.5, 0.6) is 0 Å². The molecule has 5 nitrogen and oxygen atoms in total. The fraction of sp³-hybridized carbons (Fsp3) is 0.267. The molecule has 1 aromatic carbocycles. The normalized spacial score (nSPS) is 10.6. The minimum Gasteiger partial charge on any atom is -0.307 e. The molecule has 0 unspecified atom stereocenters. The smallest absolute Gasteiger partial charge is 0.304 e. The molecule has 6 heteroatoms. The highest BCUT2D eigenvalue weighted by molar-refractivity contribution is 5.35. The van der Waals surface area contributed by atoms with E-state index in [9.17, 15) is 14.5 Å². The van der Waals surface area contributed by atoms with Crippen LogP contribution in [0.3, 0.4) is 0 Å². The predicted molar refractivity (Wildman–Crippen MR) is 77.2 cm³/mol. The second kappa shape index (κ2) is 6.90. The van der Waals surface area contributed by atoms with Crippen molar-refractivity contribution in [3.05, 3.63) is 69.3 Å². The summed E-state index contributed by atoms with van der Waals surface area (Å²) in [6, 6.07) is 7.84. The van der Waals surface area contributed by atoms with Gasteiger partial charge in [-0.1, -0.05) is 19.1 Å². The zero-order chi connectivity index (χ0) is 15.2. The molecule has 1 aromatic heterocycles. The number of rotatable bonds is 6. The van der Waals surface area contributed by atoms with E-state index in [-0.39, 0.29) is 0 Å². The third-order valence-corrected chi connectivity index (χ3v) is 3.20. The van der Waals surface area contributed by atoms with Gasteiger partial charge in [0.2, 0.25) is 5.82 Å². The average Bonchev–Trinajstić information content (AvgIpc) is 2.47. The van der Waals surface area contributed by atoms with Crippen LogP contribution in [0.1, 0.15) is 23.7 Å². The topological polar surface area (TPSA) is 68.1 Å². The van der Waals surface area contributed by atoms with E-state index in [4.69, 9.17) is 0 Å². The van der Waals surface area contributed by atoms with E-state index in [1.54, 1.807) is 12.3 Å². The third kappa shape index (κ3) is 3.82. The van der Waals surface area contributed by atoms with Crippen LogP contribution in [-0.2, 0) is 19.5 Å². The summed E-state index contributed by atoms with van der Waals surface area (Å²) in [4.78, 5) is 14.1. The number of hydrogen-bond acceptors (Lipinski definition) is 4. The van der Waals surface area contributed by atoms with Crippen LogP contribution in [0.2, 0.25) is 0 Å². The highest BCUT2D eigenvalue weighted by Gasteiger charge is 2.13. The molecule has 0 spiro atoms. The molecule has 21 heavy (non-hydrogen) atoms. The number of nitrogens with one attached hydrogen (secondary N) is 1. The molecule has 0 bridgehead atoms. The second-order valence-electron chi connectivity index (χ2n) is 4.61. The Labute approximate surface area is 122 Å². The molecule has 0 radical (unpaired) electrons. The van der Waals surface area contributed by atoms with E-state index < -0.39 is 16.4 Å². The van der Waals surface area contributed by atoms with Gasteiger partial charge in [0.15, 0.2) is 0 Å². The molecule has 1 N–H and O–H groups in total. The van der Waals surface area contributed by atoms with Gasteiger partial charge in [-0.2, -0.15) is 4.39 Å². The Bertz CT molecular complexity index is 647. The van der Waals surface area contributed by atoms with Crippen LogP contribution < -0.4 is 5.32 Å². The van der Waals surface area contributed by atoms with Crippen molar-refractivity contribution in [3.63, 3.8) is 0 Å². The van der Waals surface area contributed by atoms with E-state index in [0.717, 1.165) is 12.1 Å². The Hall–Kier alpha value is -2.34. The van der Waals surface area contributed by atoms with E-state index in [1.165, 1.54) is 17.7 Å². The summed E-state index contributed by atoms with van der Waals surface area (Å²) in [5.41, 5.74) is 2.28. The molecule has 110 valence electrons. The molecule has 0 amide bonds. The molecule has 2 aromatic rings. The Morgan fingerprint density at radius 1 is 1.33 bits per heavy atom. The first kappa shape index (κ1) is 15.1. The number of nitro benzene ring substituents is 1. The van der Waals surface area contributed by atoms with Crippen molar-refractivity contribution >= 4 is 5.69 Å². The molecule has 0 fully saturated rings. The third-order valence-electron chi connectivity index (χ3n) is 3.20. The van der Waals surface area contributed by atoms with Crippen LogP contribution in [0.15, 0.2) is 36.5 Å². The lowest BCUT2D eigenvalue weighted by Crippen LogP contribution is -2.15. The van der Waals surface area contributed by atoms with Crippen molar-refractivity contribution < 1.29 is 9.31 Å². The number of nitrogens with zero attached hydrogens (tertiary/aromatic N) is 2. The first-order chi connectivity index (χ1) is 10.1. The minimum atomic E-state index is -0.814. The maximum absolute atomic E-state index is 13.5. The number of aryl methyl sites for hydroxylation is 1. The first-order valence-electron chi connectivity index (χ1n) is 6.68. The second-order valence-corrected chi connectivity index (χ2v) is 4.61. The van der Waals surface area contributed by atoms with E-state index in [0.29, 0.717) is 18.7 Å². The number of aromatic nitrogens is 1. The summed E-state index contributed by atoms with van der Waals surface area (Å²) in [6.45, 7) is 3.06. The van der Waals surface area contributed by atoms with Crippen molar-refractivity contribution in [1.29, 1.82) is 0 Å². The number of nitro groups is 1. The first-order valence-corrected chi connectivity index (χ1v) is 6.68. The maximum atomic E-state index is 13.5. The van der Waals surface area contributed by atoms with Gasteiger partial charge in [0.25, 0.3) is 0 Å². The van der Waals surface area contributed by atoms with E-state index in [1.807, 2.05) is 12.1 Å². The molecule has 2 rings (SSSR count). The molecule has 0 saturated carbocycles. The molecular formula is C15H16FN3O2. The monoisotopic (exact) mass is 289 g/mol. The highest BCUT2D eigenvalue weighted by Crippen LogP contribution is 2.18. The van der Waals surface area contributed by atoms with Gasteiger partial charge in [-0.15, -0.1) is 0 Å². The van der Waals surface area contributed by atoms with Gasteiger partial charge < -0.3 is 5.32 Å². The maximum Gasteiger partial charge on any atom is 0.304 e. The van der Waals surface area contributed by atoms with Crippen LogP contribution >= 0.6 is 0 Å². The Kier molecular flexibility index (Phi) is 4.94. The van der Waals surface area contributed by atoms with Gasteiger partial charge in [-0.3, -0.25) is 15.1 Å². The van der Waals surface area contributed by atoms with Gasteiger partial charge in [-0.25, -0.2) is 0 Å². The number of pyridine rings is 1. The number of benzene rings is 1. The van der Waals surface area contributed by atoms with Crippen LogP contribution in [0.25, 0.3) is 0 Å². The lowest BCUT2D eigenvalue weighted by atomic mass is 10.1. The van der Waals surface area contributed by atoms with Gasteiger partial charge in [0.1, 0.15) is 0 Å². The average molecular weight is 289 g/mol. The van der Waals surface area contributed by atoms with Crippen molar-refractivity contribution in [1.82, 2.24) is 10.3 Å². The van der Waals surface area contributed by atoms with Gasteiger partial charge >= 0.3 is 5.69 Å². The fourth-order valence-electron chi connectivity index (χ4n) is 2.09. The molecule has 0 aliphatic carbocycles. The summed E-state index contributed by atoms with van der Waals surface area (Å²) in [5.74, 6) is -0.814. The Morgan fingerprint density at radius 3 is 2.81 bits per heavy atom. The predicted octanol–water partition coefficient (Wildman–Crippen LogP) is 2.98. The van der Waals surface area contributed by atoms with Crippen molar-refractivity contribution in [3.8, 4) is 0 Å². The van der Waals surface area contributed by atoms with Crippen molar-refractivity contribution in [2.24, 2.45) is 0 Å². The minimum absolute atomic E-state index is 0.425. The summed E-state index contributed by atoms with van der Waals surface area (Å²) >= 11 is 0. The molecule has 0 saturated heterocycles. The lowest BCUT2D eigenvalue weighted by molar-refractivity contribution is -0.387. The fourth-order valence-corrected chi connectivity index (χ4v) is 2.09. The van der Waals surface area contributed by atoms with Crippen molar-refractivity contribution in [2.75, 3.05) is 0 Å². The standard InChI is InChI=1S/C15H16FN3O2/c1-2-12-4-3-7-18-14(12)10-17-9-11-5-6-15(19(20)21)13(16)8-11/h3-8,17H,2,9-10H2,1H3. The molecule has 0 aliphatic heterocycles. The zero-order valence-corrected chi connectivity index (χ0v) is 11.7. The summed E-state index contributed by atoms with van der Waals surface area (Å²) < 4.78 is 13.5. The van der Waals surface area contributed by atoms with E-state index >= 15 is 0 Å². The van der Waals surface area contributed by atoms with Gasteiger partial charge in [-0.05, 0) is 29.7 Å². The van der Waals surface area contributed by atoms with Gasteiger partial charge in [0, 0.05) is 25.4 Å². The largest absolute Gasteiger partial charge is 0.307 e. The number of halogens is 1. The number of hydrogen-bond donors (Lipinski definition) is 1. The summed E-state index contributed by atoms with van der Waals surface area (Å²) in [6.07, 6.45) is 2.64. The highest BCUT2D eigenvalue weighted by atomic mass is 19.1. The molecule has 1 heterocycles. The van der Waals surface area contributed by atoms with Crippen LogP contribution in [0.4, 0.5) is 10.1 Å². The molecule has 0 atom stereocenters. The van der Waals surface area contributed by atoms with Crippen LogP contribution in [0, 0.1) is 15.9 Å². The summed E-state index contributed by atoms with van der Waals surface area (Å²) in [7, 11) is 0. The molecular weight excluding hydrogens is 273 g/mol. The quantitative estimate of drug-likeness (QED) is 0.655. The Morgan fingerprint density at radius 2 is 2.14 bits per heavy atom.